The number of hydrogen-bond donors (Lipinski definition) is 0. The van der Waals surface area contributed by atoms with Crippen LogP contribution in [0.4, 0.5) is 0 Å². The van der Waals surface area contributed by atoms with Gasteiger partial charge in [-0.25, -0.2) is 0 Å². The van der Waals surface area contributed by atoms with Crippen molar-refractivity contribution in [2.75, 3.05) is 6.79 Å². The highest BCUT2D eigenvalue weighted by molar-refractivity contribution is 9.10. The fourth-order valence-corrected chi connectivity index (χ4v) is 5.98. The summed E-state index contributed by atoms with van der Waals surface area (Å²) < 4.78 is 26.1. The Labute approximate surface area is 245 Å². The van der Waals surface area contributed by atoms with Crippen molar-refractivity contribution in [3.63, 3.8) is 0 Å². The Bertz CT molecular complexity index is 1740. The Hall–Kier alpha value is -3.93. The van der Waals surface area contributed by atoms with Crippen LogP contribution < -0.4 is 14.2 Å². The lowest BCUT2D eigenvalue weighted by Crippen LogP contribution is -2.10. The summed E-state index contributed by atoms with van der Waals surface area (Å²) in [6.07, 6.45) is 3.96. The highest BCUT2D eigenvalue weighted by Crippen LogP contribution is 2.53. The van der Waals surface area contributed by atoms with Crippen molar-refractivity contribution in [2.24, 2.45) is 0 Å². The molecule has 0 spiro atoms. The van der Waals surface area contributed by atoms with E-state index >= 15 is 0 Å². The largest absolute Gasteiger partial charge is 0.480 e. The first-order chi connectivity index (χ1) is 19.5. The lowest BCUT2D eigenvalue weighted by Gasteiger charge is -2.19. The topological polar surface area (TPSA) is 40.8 Å². The van der Waals surface area contributed by atoms with Gasteiger partial charge in [0.1, 0.15) is 17.3 Å². The Balaban J connectivity index is 1.51. The van der Waals surface area contributed by atoms with E-state index in [-0.39, 0.29) is 12.7 Å². The smallest absolute Gasteiger partial charge is 0.231 e. The van der Waals surface area contributed by atoms with Crippen molar-refractivity contribution in [3.8, 4) is 28.6 Å². The third-order valence-electron chi connectivity index (χ3n) is 7.37. The average molecular weight is 612 g/mol. The molecule has 4 aromatic carbocycles. The zero-order chi connectivity index (χ0) is 27.2. The van der Waals surface area contributed by atoms with Gasteiger partial charge in [-0.2, -0.15) is 0 Å². The number of halogens is 2. The maximum absolute atomic E-state index is 6.88. The molecular formula is C34H24BrClO4. The summed E-state index contributed by atoms with van der Waals surface area (Å²) in [5.74, 6) is 3.50. The van der Waals surface area contributed by atoms with E-state index in [1.165, 1.54) is 0 Å². The third kappa shape index (κ3) is 4.49. The van der Waals surface area contributed by atoms with Gasteiger partial charge in [-0.15, -0.1) is 0 Å². The minimum Gasteiger partial charge on any atom is -0.480 e. The third-order valence-corrected chi connectivity index (χ3v) is 8.13. The Morgan fingerprint density at radius 2 is 1.60 bits per heavy atom. The minimum absolute atomic E-state index is 0.184. The number of hydrogen-bond acceptors (Lipinski definition) is 4. The van der Waals surface area contributed by atoms with Gasteiger partial charge in [0.25, 0.3) is 0 Å². The zero-order valence-electron chi connectivity index (χ0n) is 21.6. The highest BCUT2D eigenvalue weighted by Gasteiger charge is 2.38. The molecule has 0 saturated carbocycles. The van der Waals surface area contributed by atoms with E-state index in [2.05, 4.69) is 52.3 Å². The van der Waals surface area contributed by atoms with E-state index in [4.69, 9.17) is 30.2 Å². The normalized spacial score (nSPS) is 17.3. The van der Waals surface area contributed by atoms with Crippen LogP contribution in [0.25, 0.3) is 17.4 Å². The zero-order valence-corrected chi connectivity index (χ0v) is 23.9. The van der Waals surface area contributed by atoms with Crippen molar-refractivity contribution >= 4 is 33.6 Å². The fraction of sp³-hybridized carbons (Fsp3) is 0.118. The number of fused-ring (bicyclic) bond motifs is 3. The molecule has 0 amide bonds. The quantitative estimate of drug-likeness (QED) is 0.203. The van der Waals surface area contributed by atoms with Crippen LogP contribution in [0, 0.1) is 6.92 Å². The number of rotatable bonds is 4. The molecule has 0 unspecified atom stereocenters. The molecule has 0 radical (unpaired) electrons. The van der Waals surface area contributed by atoms with Crippen molar-refractivity contribution < 1.29 is 18.6 Å². The van der Waals surface area contributed by atoms with E-state index in [0.29, 0.717) is 16.5 Å². The van der Waals surface area contributed by atoms with Gasteiger partial charge in [0.05, 0.1) is 0 Å². The maximum atomic E-state index is 6.88. The first-order valence-electron chi connectivity index (χ1n) is 13.0. The van der Waals surface area contributed by atoms with E-state index in [1.807, 2.05) is 73.7 Å². The van der Waals surface area contributed by atoms with Crippen molar-refractivity contribution in [2.45, 2.75) is 18.9 Å². The predicted molar refractivity (Wildman–Crippen MR) is 160 cm³/mol. The molecule has 7 rings (SSSR count). The second-order valence-corrected chi connectivity index (χ2v) is 11.2. The lowest BCUT2D eigenvalue weighted by atomic mass is 9.84. The minimum atomic E-state index is -0.391. The number of allylic oxidation sites excluding steroid dienone is 1. The van der Waals surface area contributed by atoms with Gasteiger partial charge >= 0.3 is 0 Å². The number of furan rings is 1. The summed E-state index contributed by atoms with van der Waals surface area (Å²) in [7, 11) is 0. The molecule has 1 aromatic heterocycles. The molecule has 2 atom stereocenters. The van der Waals surface area contributed by atoms with E-state index in [9.17, 15) is 0 Å². The number of ether oxygens (including phenoxy) is 3. The molecule has 2 aliphatic heterocycles. The summed E-state index contributed by atoms with van der Waals surface area (Å²) in [5.41, 5.74) is 6.05. The Kier molecular flexibility index (Phi) is 6.41. The SMILES string of the molecule is Cc1oc(-c2cccc(Cl)c2)c2c1[C@@H](c1ccccc1)Oc1cc3c(cc1[C@@H]2/C=C/c1ccc(Br)cc1)OCO3. The molecule has 0 fully saturated rings. The summed E-state index contributed by atoms with van der Waals surface area (Å²) in [6, 6.07) is 30.3. The van der Waals surface area contributed by atoms with Gasteiger partial charge in [0, 0.05) is 43.7 Å². The predicted octanol–water partition coefficient (Wildman–Crippen LogP) is 9.73. The van der Waals surface area contributed by atoms with Crippen molar-refractivity contribution in [3.05, 3.63) is 140 Å². The molecular weight excluding hydrogens is 588 g/mol. The van der Waals surface area contributed by atoms with Crippen LogP contribution in [0.15, 0.2) is 106 Å². The number of aryl methyl sites for hydroxylation is 1. The van der Waals surface area contributed by atoms with Gasteiger partial charge in [0.2, 0.25) is 6.79 Å². The molecule has 4 nitrogen and oxygen atoms in total. The molecule has 2 aliphatic rings. The summed E-state index contributed by atoms with van der Waals surface area (Å²) in [6.45, 7) is 2.19. The summed E-state index contributed by atoms with van der Waals surface area (Å²) in [5, 5.41) is 0.649. The molecule has 0 bridgehead atoms. The molecule has 6 heteroatoms. The first-order valence-corrected chi connectivity index (χ1v) is 14.2. The van der Waals surface area contributed by atoms with Crippen LogP contribution in [0.2, 0.25) is 5.02 Å². The van der Waals surface area contributed by atoms with E-state index in [1.54, 1.807) is 0 Å². The van der Waals surface area contributed by atoms with Crippen LogP contribution in [0.5, 0.6) is 17.2 Å². The maximum Gasteiger partial charge on any atom is 0.231 e. The van der Waals surface area contributed by atoms with Gasteiger partial charge in [-0.05, 0) is 48.4 Å². The molecule has 0 N–H and O–H groups in total. The van der Waals surface area contributed by atoms with Gasteiger partial charge < -0.3 is 18.6 Å². The van der Waals surface area contributed by atoms with E-state index < -0.39 is 6.10 Å². The Morgan fingerprint density at radius 3 is 2.38 bits per heavy atom. The van der Waals surface area contributed by atoms with E-state index in [0.717, 1.165) is 55.1 Å². The first kappa shape index (κ1) is 25.1. The van der Waals surface area contributed by atoms with Gasteiger partial charge in [-0.1, -0.05) is 94.3 Å². The molecule has 0 aliphatic carbocycles. The second kappa shape index (κ2) is 10.2. The summed E-state index contributed by atoms with van der Waals surface area (Å²) in [4.78, 5) is 0. The van der Waals surface area contributed by atoms with Crippen LogP contribution in [-0.4, -0.2) is 6.79 Å². The molecule has 198 valence electrons. The fourth-order valence-electron chi connectivity index (χ4n) is 5.52. The van der Waals surface area contributed by atoms with Crippen LogP contribution in [0.3, 0.4) is 0 Å². The second-order valence-electron chi connectivity index (χ2n) is 9.87. The Morgan fingerprint density at radius 1 is 0.825 bits per heavy atom. The molecule has 40 heavy (non-hydrogen) atoms. The van der Waals surface area contributed by atoms with Crippen molar-refractivity contribution in [1.29, 1.82) is 0 Å². The number of benzene rings is 4. The van der Waals surface area contributed by atoms with Gasteiger partial charge in [0.15, 0.2) is 17.6 Å². The van der Waals surface area contributed by atoms with Crippen LogP contribution in [-0.2, 0) is 0 Å². The average Bonchev–Trinajstić information content (AvgIpc) is 3.53. The summed E-state index contributed by atoms with van der Waals surface area (Å²) >= 11 is 10.0. The highest BCUT2D eigenvalue weighted by atomic mass is 79.9. The molecule has 0 saturated heterocycles. The lowest BCUT2D eigenvalue weighted by molar-refractivity contribution is 0.173. The molecule has 5 aromatic rings. The van der Waals surface area contributed by atoms with Gasteiger partial charge in [-0.3, -0.25) is 0 Å². The van der Waals surface area contributed by atoms with Crippen LogP contribution in [0.1, 0.15) is 45.6 Å². The standard InChI is InChI=1S/C34H24BrClO4/c1-20-31-32(34(39-20)23-8-5-9-25(36)16-23)26(15-12-21-10-13-24(35)14-11-21)27-17-29-30(38-19-37-29)18-28(27)40-33(31)22-6-3-2-4-7-22/h2-18,26,33H,19H2,1H3/b15-12+/t26-,33+/m0/s1. The van der Waals surface area contributed by atoms with Crippen molar-refractivity contribution in [1.82, 2.24) is 0 Å². The van der Waals surface area contributed by atoms with Crippen LogP contribution >= 0.6 is 27.5 Å². The monoisotopic (exact) mass is 610 g/mol. The molecule has 3 heterocycles.